The van der Waals surface area contributed by atoms with Gasteiger partial charge in [0.1, 0.15) is 6.61 Å². The number of fused-ring (bicyclic) bond motifs is 1. The Balaban J connectivity index is 1.50. The molecule has 0 bridgehead atoms. The van der Waals surface area contributed by atoms with Crippen LogP contribution in [-0.4, -0.2) is 39.9 Å². The number of aryl methyl sites for hydroxylation is 2. The Bertz CT molecular complexity index is 1280. The van der Waals surface area contributed by atoms with E-state index < -0.39 is 6.04 Å². The molecule has 186 valence electrons. The molecule has 0 saturated carbocycles. The highest BCUT2D eigenvalue weighted by Crippen LogP contribution is 2.46. The number of esters is 1. The van der Waals surface area contributed by atoms with Gasteiger partial charge in [0.25, 0.3) is 0 Å². The van der Waals surface area contributed by atoms with Crippen molar-refractivity contribution < 1.29 is 14.3 Å². The summed E-state index contributed by atoms with van der Waals surface area (Å²) in [5.41, 5.74) is 6.19. The minimum absolute atomic E-state index is 0.125. The van der Waals surface area contributed by atoms with Crippen molar-refractivity contribution >= 4 is 28.8 Å². The van der Waals surface area contributed by atoms with Crippen molar-refractivity contribution in [1.29, 1.82) is 0 Å². The van der Waals surface area contributed by atoms with E-state index in [0.29, 0.717) is 17.7 Å². The quantitative estimate of drug-likeness (QED) is 0.480. The van der Waals surface area contributed by atoms with Crippen LogP contribution in [0.5, 0.6) is 0 Å². The van der Waals surface area contributed by atoms with Gasteiger partial charge in [0.15, 0.2) is 5.17 Å². The van der Waals surface area contributed by atoms with E-state index in [0.717, 1.165) is 59.0 Å². The maximum Gasteiger partial charge on any atom is 0.338 e. The highest BCUT2D eigenvalue weighted by molar-refractivity contribution is 8.16. The number of rotatable bonds is 6. The molecule has 0 unspecified atom stereocenters. The molecule has 0 aromatic heterocycles. The molecule has 1 saturated heterocycles. The highest BCUT2D eigenvalue weighted by atomic mass is 32.2. The van der Waals surface area contributed by atoms with Gasteiger partial charge in [0, 0.05) is 18.8 Å². The standard InChI is InChI=1S/C29H31N3O3S/c1-19-11-12-20(2)24(15-19)27-26(28(34)35-17-22-9-5-4-6-10-22)21(3)30-29-32(27)23(18-36-29)16-25(33)31-13-7-8-14-31/h4-6,9-12,15,18,27H,7-8,13-14,16-17H2,1-3H3/t27-/m1/s1. The molecule has 3 aliphatic rings. The Hall–Kier alpha value is -3.32. The largest absolute Gasteiger partial charge is 0.457 e. The first-order valence-electron chi connectivity index (χ1n) is 12.4. The van der Waals surface area contributed by atoms with E-state index in [2.05, 4.69) is 36.9 Å². The number of allylic oxidation sites excluding steroid dienone is 1. The van der Waals surface area contributed by atoms with Crippen molar-refractivity contribution in [3.05, 3.63) is 93.2 Å². The smallest absolute Gasteiger partial charge is 0.338 e. The van der Waals surface area contributed by atoms with Crippen LogP contribution in [0.4, 0.5) is 0 Å². The highest BCUT2D eigenvalue weighted by Gasteiger charge is 2.42. The normalized spacial score (nSPS) is 19.2. The first kappa shape index (κ1) is 24.4. The molecule has 6 nitrogen and oxygen atoms in total. The van der Waals surface area contributed by atoms with Gasteiger partial charge in [-0.15, -0.1) is 0 Å². The van der Waals surface area contributed by atoms with E-state index >= 15 is 0 Å². The summed E-state index contributed by atoms with van der Waals surface area (Å²) in [5, 5.41) is 2.80. The lowest BCUT2D eigenvalue weighted by molar-refractivity contribution is -0.141. The molecule has 0 N–H and O–H groups in total. The second-order valence-corrected chi connectivity index (χ2v) is 10.4. The summed E-state index contributed by atoms with van der Waals surface area (Å²) in [5.74, 6) is -0.257. The fourth-order valence-electron chi connectivity index (χ4n) is 5.01. The van der Waals surface area contributed by atoms with Gasteiger partial charge in [-0.25, -0.2) is 9.79 Å². The zero-order valence-electron chi connectivity index (χ0n) is 21.0. The molecule has 7 heteroatoms. The van der Waals surface area contributed by atoms with Gasteiger partial charge in [-0.1, -0.05) is 65.9 Å². The number of aliphatic imine (C=N–C) groups is 1. The van der Waals surface area contributed by atoms with E-state index in [1.807, 2.05) is 47.6 Å². The molecule has 0 spiro atoms. The summed E-state index contributed by atoms with van der Waals surface area (Å²) in [6, 6.07) is 15.6. The molecule has 5 rings (SSSR count). The van der Waals surface area contributed by atoms with E-state index in [1.165, 1.54) is 11.8 Å². The van der Waals surface area contributed by atoms with Crippen molar-refractivity contribution in [2.45, 2.75) is 52.7 Å². The van der Waals surface area contributed by atoms with Crippen molar-refractivity contribution in [3.8, 4) is 0 Å². The maximum absolute atomic E-state index is 13.6. The molecular weight excluding hydrogens is 470 g/mol. The van der Waals surface area contributed by atoms with Gasteiger partial charge >= 0.3 is 5.97 Å². The number of benzene rings is 2. The molecule has 2 aromatic rings. The number of hydrogen-bond acceptors (Lipinski definition) is 6. The van der Waals surface area contributed by atoms with Crippen molar-refractivity contribution in [1.82, 2.24) is 9.80 Å². The SMILES string of the molecule is CC1=C(C(=O)OCc2ccccc2)[C@@H](c2cc(C)ccc2C)N2C(CC(=O)N3CCCC3)=CSC2=N1. The van der Waals surface area contributed by atoms with E-state index in [9.17, 15) is 9.59 Å². The monoisotopic (exact) mass is 501 g/mol. The van der Waals surface area contributed by atoms with Crippen LogP contribution >= 0.6 is 11.8 Å². The second kappa shape index (κ2) is 10.3. The number of carbonyl (C=O) groups is 2. The molecule has 1 fully saturated rings. The fourth-order valence-corrected chi connectivity index (χ4v) is 5.98. The van der Waals surface area contributed by atoms with Gasteiger partial charge in [0.05, 0.1) is 23.7 Å². The molecule has 3 aliphatic heterocycles. The third-order valence-corrected chi connectivity index (χ3v) is 7.84. The molecule has 2 aromatic carbocycles. The summed E-state index contributed by atoms with van der Waals surface area (Å²) >= 11 is 1.51. The van der Waals surface area contributed by atoms with Gasteiger partial charge < -0.3 is 14.5 Å². The Morgan fingerprint density at radius 3 is 2.56 bits per heavy atom. The Labute approximate surface area is 216 Å². The summed E-state index contributed by atoms with van der Waals surface area (Å²) in [4.78, 5) is 35.5. The molecule has 3 heterocycles. The van der Waals surface area contributed by atoms with Crippen molar-refractivity contribution in [2.75, 3.05) is 13.1 Å². The lowest BCUT2D eigenvalue weighted by Gasteiger charge is -2.37. The Morgan fingerprint density at radius 1 is 1.06 bits per heavy atom. The predicted molar refractivity (Wildman–Crippen MR) is 143 cm³/mol. The lowest BCUT2D eigenvalue weighted by Crippen LogP contribution is -2.38. The number of hydrogen-bond donors (Lipinski definition) is 0. The Kier molecular flexibility index (Phi) is 7.01. The number of thioether (sulfide) groups is 1. The summed E-state index contributed by atoms with van der Waals surface area (Å²) < 4.78 is 5.81. The van der Waals surface area contributed by atoms with Gasteiger partial charge in [-0.3, -0.25) is 4.79 Å². The first-order valence-corrected chi connectivity index (χ1v) is 13.3. The zero-order valence-corrected chi connectivity index (χ0v) is 21.8. The molecule has 1 atom stereocenters. The summed E-state index contributed by atoms with van der Waals surface area (Å²) in [7, 11) is 0. The number of amides is 1. The average Bonchev–Trinajstić information content (AvgIpc) is 3.55. The van der Waals surface area contributed by atoms with Crippen LogP contribution in [0, 0.1) is 13.8 Å². The average molecular weight is 502 g/mol. The molecule has 0 radical (unpaired) electrons. The fraction of sp³-hybridized carbons (Fsp3) is 0.345. The first-order chi connectivity index (χ1) is 17.4. The Morgan fingerprint density at radius 2 is 1.81 bits per heavy atom. The third kappa shape index (κ3) is 4.85. The number of likely N-dealkylation sites (tertiary alicyclic amines) is 1. The van der Waals surface area contributed by atoms with Crippen molar-refractivity contribution in [2.24, 2.45) is 4.99 Å². The van der Waals surface area contributed by atoms with Crippen LogP contribution in [0.25, 0.3) is 0 Å². The van der Waals surface area contributed by atoms with E-state index in [-0.39, 0.29) is 18.5 Å². The second-order valence-electron chi connectivity index (χ2n) is 9.58. The number of nitrogens with zero attached hydrogens (tertiary/aromatic N) is 3. The van der Waals surface area contributed by atoms with E-state index in [4.69, 9.17) is 9.73 Å². The summed E-state index contributed by atoms with van der Waals surface area (Å²) in [6.45, 7) is 7.81. The van der Waals surface area contributed by atoms with Crippen LogP contribution in [-0.2, 0) is 20.9 Å². The van der Waals surface area contributed by atoms with Gasteiger partial charge in [-0.2, -0.15) is 0 Å². The number of ether oxygens (including phenoxy) is 1. The lowest BCUT2D eigenvalue weighted by atomic mass is 9.90. The molecular formula is C29H31N3O3S. The minimum atomic E-state index is -0.409. The maximum atomic E-state index is 13.6. The molecule has 36 heavy (non-hydrogen) atoms. The minimum Gasteiger partial charge on any atom is -0.457 e. The molecule has 0 aliphatic carbocycles. The van der Waals surface area contributed by atoms with Crippen LogP contribution in [0.15, 0.2) is 75.9 Å². The predicted octanol–water partition coefficient (Wildman–Crippen LogP) is 5.63. The number of amidine groups is 1. The summed E-state index contributed by atoms with van der Waals surface area (Å²) in [6.07, 6.45) is 2.40. The molecule has 1 amide bonds. The van der Waals surface area contributed by atoms with Crippen LogP contribution in [0.2, 0.25) is 0 Å². The van der Waals surface area contributed by atoms with Crippen LogP contribution in [0.3, 0.4) is 0 Å². The zero-order chi connectivity index (χ0) is 25.2. The number of carbonyl (C=O) groups excluding carboxylic acids is 2. The van der Waals surface area contributed by atoms with Crippen LogP contribution < -0.4 is 0 Å². The third-order valence-electron chi connectivity index (χ3n) is 6.95. The van der Waals surface area contributed by atoms with Gasteiger partial charge in [-0.05, 0) is 55.7 Å². The van der Waals surface area contributed by atoms with E-state index in [1.54, 1.807) is 0 Å². The van der Waals surface area contributed by atoms with Crippen LogP contribution in [0.1, 0.15) is 54.5 Å². The topological polar surface area (TPSA) is 62.2 Å². The van der Waals surface area contributed by atoms with Crippen molar-refractivity contribution in [3.63, 3.8) is 0 Å². The van der Waals surface area contributed by atoms with Gasteiger partial charge in [0.2, 0.25) is 5.91 Å².